The number of aromatic amines is 2. The van der Waals surface area contributed by atoms with Crippen LogP contribution in [0.3, 0.4) is 0 Å². The minimum Gasteiger partial charge on any atom is -0.396 e. The lowest BCUT2D eigenvalue weighted by molar-refractivity contribution is -0.116. The first-order valence-electron chi connectivity index (χ1n) is 51.5. The fourth-order valence-corrected chi connectivity index (χ4v) is 19.5. The second kappa shape index (κ2) is 41.3. The van der Waals surface area contributed by atoms with E-state index in [4.69, 9.17) is 24.9 Å². The van der Waals surface area contributed by atoms with E-state index in [9.17, 15) is 34.2 Å². The van der Waals surface area contributed by atoms with Gasteiger partial charge in [-0.2, -0.15) is 48.1 Å². The van der Waals surface area contributed by atoms with E-state index in [-0.39, 0.29) is 53.4 Å². The molecule has 4 saturated heterocycles. The number of rotatable bonds is 34. The van der Waals surface area contributed by atoms with Crippen LogP contribution in [0.15, 0.2) is 138 Å². The molecule has 10 saturated carbocycles. The third kappa shape index (κ3) is 23.5. The molecule has 15 heterocycles. The summed E-state index contributed by atoms with van der Waals surface area (Å²) < 4.78 is 9.07. The Balaban J connectivity index is 0.000000106. The fraction of sp³-hybridized carbons (Fsp3) is 0.476. The van der Waals surface area contributed by atoms with Crippen molar-refractivity contribution in [2.75, 3.05) is 106 Å². The van der Waals surface area contributed by atoms with Gasteiger partial charge in [-0.3, -0.25) is 24.0 Å². The van der Waals surface area contributed by atoms with Crippen molar-refractivity contribution in [2.24, 2.45) is 46.8 Å². The third-order valence-electron chi connectivity index (χ3n) is 29.3. The summed E-state index contributed by atoms with van der Waals surface area (Å²) in [6.45, 7) is 27.8. The van der Waals surface area contributed by atoms with E-state index in [2.05, 4.69) is 150 Å². The molecule has 0 radical (unpaired) electrons. The lowest BCUT2D eigenvalue weighted by Gasteiger charge is -2.27. The molecule has 4 aliphatic heterocycles. The zero-order valence-electron chi connectivity index (χ0n) is 81.4. The highest BCUT2D eigenvalue weighted by molar-refractivity contribution is 6.05. The van der Waals surface area contributed by atoms with Gasteiger partial charge in [0.1, 0.15) is 69.0 Å². The van der Waals surface area contributed by atoms with E-state index in [0.29, 0.717) is 106 Å². The lowest BCUT2D eigenvalue weighted by Crippen LogP contribution is -2.30. The van der Waals surface area contributed by atoms with Crippen molar-refractivity contribution in [3.63, 3.8) is 0 Å². The first kappa shape index (κ1) is 94.8. The predicted molar refractivity (Wildman–Crippen MR) is 557 cm³/mol. The number of aliphatic hydroxyl groups is 2. The molecular weight excluding hydrogens is 1810 g/mol. The number of aliphatic hydroxyl groups excluding tert-OH is 2. The summed E-state index contributed by atoms with van der Waals surface area (Å²) in [5.74, 6) is 13.4. The van der Waals surface area contributed by atoms with E-state index < -0.39 is 0 Å². The minimum absolute atomic E-state index is 0.00916. The molecule has 18 N–H and O–H groups in total. The highest BCUT2D eigenvalue weighted by atomic mass is 16.3. The molecule has 0 aromatic carbocycles. The van der Waals surface area contributed by atoms with Gasteiger partial charge < -0.3 is 94.6 Å². The number of carbonyl (C=O) groups is 4. The van der Waals surface area contributed by atoms with Crippen molar-refractivity contribution in [1.82, 2.24) is 104 Å². The largest absolute Gasteiger partial charge is 0.396 e. The van der Waals surface area contributed by atoms with E-state index in [1.807, 2.05) is 68.2 Å². The maximum Gasteiger partial charge on any atom is 0.273 e. The van der Waals surface area contributed by atoms with Crippen LogP contribution in [0.4, 0.5) is 58.2 Å². The van der Waals surface area contributed by atoms with Crippen LogP contribution in [0.25, 0.3) is 65.2 Å². The van der Waals surface area contributed by atoms with Crippen molar-refractivity contribution in [1.29, 1.82) is 0 Å². The summed E-state index contributed by atoms with van der Waals surface area (Å²) in [6, 6.07) is 10.9. The Kier molecular flexibility index (Phi) is 27.3. The second-order valence-electron chi connectivity index (χ2n) is 41.9. The summed E-state index contributed by atoms with van der Waals surface area (Å²) in [4.78, 5) is 90.0. The van der Waals surface area contributed by atoms with Gasteiger partial charge in [0.15, 0.2) is 28.2 Å². The molecule has 143 heavy (non-hydrogen) atoms. The number of amides is 4. The second-order valence-corrected chi connectivity index (χ2v) is 41.9. The smallest absolute Gasteiger partial charge is 0.273 e. The number of allylic oxidation sites excluding steroid dienone is 4. The highest BCUT2D eigenvalue weighted by Gasteiger charge is 2.37. The number of H-pyrrole nitrogens is 2. The predicted octanol–water partition coefficient (Wildman–Crippen LogP) is 12.4. The van der Waals surface area contributed by atoms with Gasteiger partial charge in [0, 0.05) is 192 Å². The van der Waals surface area contributed by atoms with Gasteiger partial charge in [0.2, 0.25) is 0 Å². The molecule has 25 rings (SSSR count). The van der Waals surface area contributed by atoms with Gasteiger partial charge in [-0.05, 0) is 214 Å². The monoisotopic (exact) mass is 1940 g/mol. The molecule has 11 aromatic rings. The summed E-state index contributed by atoms with van der Waals surface area (Å²) >= 11 is 0. The number of carbonyl (C=O) groups excluding carboxylic acids is 4. The van der Waals surface area contributed by atoms with E-state index in [1.165, 1.54) is 116 Å². The van der Waals surface area contributed by atoms with E-state index in [1.54, 1.807) is 46.1 Å². The van der Waals surface area contributed by atoms with Gasteiger partial charge in [-0.15, -0.1) is 0 Å². The van der Waals surface area contributed by atoms with Crippen LogP contribution < -0.4 is 90.8 Å². The molecular formula is C105H131N31O7. The van der Waals surface area contributed by atoms with Crippen LogP contribution in [0, 0.1) is 46.8 Å². The fourth-order valence-electron chi connectivity index (χ4n) is 19.5. The van der Waals surface area contributed by atoms with Crippen LogP contribution in [0.5, 0.6) is 0 Å². The molecule has 748 valence electrons. The highest BCUT2D eigenvalue weighted by Crippen LogP contribution is 2.42. The van der Waals surface area contributed by atoms with Gasteiger partial charge in [-0.1, -0.05) is 58.6 Å². The van der Waals surface area contributed by atoms with Crippen LogP contribution >= 0.6 is 0 Å². The van der Waals surface area contributed by atoms with Crippen LogP contribution in [0.2, 0.25) is 0 Å². The van der Waals surface area contributed by atoms with Gasteiger partial charge in [0.25, 0.3) is 29.2 Å². The van der Waals surface area contributed by atoms with Crippen molar-refractivity contribution < 1.29 is 29.4 Å². The normalized spacial score (nSPS) is 21.8. The molecule has 38 heteroatoms. The van der Waals surface area contributed by atoms with Gasteiger partial charge >= 0.3 is 0 Å². The van der Waals surface area contributed by atoms with Crippen LogP contribution in [-0.4, -0.2) is 193 Å². The number of imidazole rings is 1. The van der Waals surface area contributed by atoms with Gasteiger partial charge in [-0.25, -0.2) is 24.9 Å². The number of anilines is 10. The zero-order valence-corrected chi connectivity index (χ0v) is 81.4. The van der Waals surface area contributed by atoms with Crippen molar-refractivity contribution in [3.05, 3.63) is 182 Å². The Morgan fingerprint density at radius 2 is 0.727 bits per heavy atom. The number of hydrogen-bond acceptors (Lipinski definition) is 27. The molecule has 3 atom stereocenters. The van der Waals surface area contributed by atoms with E-state index >= 15 is 0 Å². The quantitative estimate of drug-likeness (QED) is 0.0167. The zero-order chi connectivity index (χ0) is 98.1. The lowest BCUT2D eigenvalue weighted by atomic mass is 9.87. The summed E-state index contributed by atoms with van der Waals surface area (Å²) in [5.41, 5.74) is 13.5. The molecule has 0 spiro atoms. The Bertz CT molecular complexity index is 7080. The summed E-state index contributed by atoms with van der Waals surface area (Å²) in [5, 5.41) is 89.3. The SMILES string of the molecule is C=C1C/C(=C\c2cnn3c(NCC4CC4)cc(NC(C)C4CC4)nc23)C(=O)N1.C=C1C/C(=C\c2cnn3c(NCC4CC4)cc(NC4CCC[C@@H]4O)nc23)C(=O)N1.C=C1C/C(=C\c2cnn3c(NCC4CC4)cc(NCC4(CO)CCCC4)nc23)C(=O)N1.C=C1C/C(=C\c2cnn3c(NCC4CC4)cc(NCC4CC4)nc23)C(=O)N1.C=c1[nH]c(=O)/c(=C/c2cnn3c(NCC4CC4)cc(NC4CCCC4)nc23)[nH]1. The maximum atomic E-state index is 12.1. The van der Waals surface area contributed by atoms with Crippen LogP contribution in [0.1, 0.15) is 221 Å². The first-order valence-corrected chi connectivity index (χ1v) is 51.5. The van der Waals surface area contributed by atoms with Crippen molar-refractivity contribution in [3.8, 4) is 0 Å². The average molecular weight is 1940 g/mol. The molecule has 11 aromatic heterocycles. The molecule has 14 aliphatic rings. The standard InChI is InChI=1S/C23H30N6O2.C21H26N6O2.C21H26N6O.C20H25N7O.C20H24N6O/c1-15-8-17(22(31)27-15)9-18-12-26-29-20(24-11-16-4-5-16)10-19(28-21(18)29)25-13-23(14-30)6-2-3-7-23;1-12-7-14(21(29)24-12)8-15-11-23-27-19(22-10-13-5-6-13)9-18(26-20(15)27)25-16-3-2-4-17(16)28;1-12-7-16(21(28)24-12)8-17-11-23-27-19(22-10-14-3-4-14)9-18(26-20(17)27)25-13(2)15-5-6-15;1-12-23-16(20(28)24-12)8-14-11-22-27-18(21-10-13-6-7-13)9-17(26-19(14)27)25-15-4-2-3-5-15;1-12-6-15(20(27)24-12)7-16-11-23-26-18(22-10-14-4-5-14)8-17(25-19(16)26)21-9-13-2-3-13/h9-10,12,16,24,30H,1-8,11,13-14H2,(H,25,28)(H,27,31);8-9,11,13,16-17,22,28H,1-7,10H2,(H,24,29)(H,25,26);8-9,11,13-15,22H,1,3-7,10H2,2H3,(H,24,28)(H,25,26);8-9,11,13,15,21,23H,1-7,10H2,(H,24,28)(H,25,26);7-8,11,13-14,22H,1-6,9-10H2,(H,21,25)(H,24,27)/b17-9+;14-8+;16-8+;16-8-;15-7+/t;16?,17-;;;/m.0.../s1. The van der Waals surface area contributed by atoms with E-state index in [0.717, 1.165) is 234 Å². The Morgan fingerprint density at radius 3 is 1.06 bits per heavy atom. The molecule has 0 bridgehead atoms. The Labute approximate surface area is 827 Å². The Morgan fingerprint density at radius 1 is 0.392 bits per heavy atom. The number of hydrogen-bond donors (Lipinski definition) is 18. The molecule has 10 aliphatic carbocycles. The summed E-state index contributed by atoms with van der Waals surface area (Å²) in [6.07, 6.45) is 49.8. The third-order valence-corrected chi connectivity index (χ3v) is 29.3. The number of fused-ring (bicyclic) bond motifs is 5. The topological polar surface area (TPSA) is 477 Å². The average Bonchev–Trinajstić information content (AvgIpc) is 1.65. The first-order chi connectivity index (χ1) is 69.5. The van der Waals surface area contributed by atoms with Crippen molar-refractivity contribution >= 4 is 147 Å². The van der Waals surface area contributed by atoms with Gasteiger partial charge in [0.05, 0.1) is 49.7 Å². The molecule has 4 amide bonds. The number of nitrogens with zero attached hydrogens (tertiary/aromatic N) is 15. The molecule has 14 fully saturated rings. The number of nitrogens with one attached hydrogen (secondary N) is 16. The molecule has 2 unspecified atom stereocenters. The minimum atomic E-state index is -0.351. The summed E-state index contributed by atoms with van der Waals surface area (Å²) in [7, 11) is 0. The maximum absolute atomic E-state index is 12.1. The van der Waals surface area contributed by atoms with Crippen LogP contribution in [-0.2, 0) is 19.2 Å². The molecule has 38 nitrogen and oxygen atoms in total. The Hall–Kier alpha value is -14.4. The van der Waals surface area contributed by atoms with Crippen molar-refractivity contribution in [2.45, 2.75) is 217 Å². The number of aromatic nitrogens is 17.